The van der Waals surface area contributed by atoms with E-state index in [1.165, 1.54) is 34.6 Å². The van der Waals surface area contributed by atoms with Crippen molar-refractivity contribution in [2.75, 3.05) is 44.2 Å². The monoisotopic (exact) mass is 302 g/mol. The summed E-state index contributed by atoms with van der Waals surface area (Å²) in [6, 6.07) is 2.46. The van der Waals surface area contributed by atoms with Gasteiger partial charge in [0, 0.05) is 0 Å². The number of piperazine rings is 1. The molecule has 5 heteroatoms. The zero-order chi connectivity index (χ0) is 15.5. The first-order valence-corrected chi connectivity index (χ1v) is 8.41. The summed E-state index contributed by atoms with van der Waals surface area (Å²) >= 11 is 0. The van der Waals surface area contributed by atoms with Crippen molar-refractivity contribution in [1.82, 2.24) is 0 Å². The Kier molecular flexibility index (Phi) is 4.60. The second kappa shape index (κ2) is 6.64. The number of anilines is 1. The van der Waals surface area contributed by atoms with Crippen LogP contribution in [-0.2, 0) is 12.8 Å². The summed E-state index contributed by atoms with van der Waals surface area (Å²) in [4.78, 5) is 7.29. The van der Waals surface area contributed by atoms with Crippen molar-refractivity contribution in [3.05, 3.63) is 22.4 Å². The lowest BCUT2D eigenvalue weighted by Crippen LogP contribution is -3.15. The molecule has 0 amide bonds. The van der Waals surface area contributed by atoms with Crippen molar-refractivity contribution in [3.8, 4) is 6.07 Å². The first kappa shape index (κ1) is 15.3. The topological polar surface area (TPSA) is 65.8 Å². The lowest BCUT2D eigenvalue weighted by atomic mass is 9.88. The number of hydrogen-bond acceptors (Lipinski definition) is 3. The van der Waals surface area contributed by atoms with Crippen LogP contribution in [0.3, 0.4) is 0 Å². The number of nitrogens with one attached hydrogen (secondary N) is 2. The molecular weight excluding hydrogens is 276 g/mol. The molecule has 5 nitrogen and oxygen atoms in total. The Morgan fingerprint density at radius 1 is 1.23 bits per heavy atom. The van der Waals surface area contributed by atoms with Crippen LogP contribution < -0.4 is 14.8 Å². The van der Waals surface area contributed by atoms with Crippen LogP contribution >= 0.6 is 0 Å². The van der Waals surface area contributed by atoms with Crippen LogP contribution in [0.4, 0.5) is 5.82 Å². The Morgan fingerprint density at radius 2 is 1.91 bits per heavy atom. The minimum Gasteiger partial charge on any atom is -0.391 e. The van der Waals surface area contributed by atoms with Gasteiger partial charge in [-0.05, 0) is 43.7 Å². The maximum atomic E-state index is 9.70. The van der Waals surface area contributed by atoms with Gasteiger partial charge >= 0.3 is 0 Å². The molecule has 0 atom stereocenters. The van der Waals surface area contributed by atoms with E-state index in [0.29, 0.717) is 0 Å². The van der Waals surface area contributed by atoms with Crippen molar-refractivity contribution >= 4 is 5.82 Å². The molecule has 1 fully saturated rings. The third-order valence-corrected chi connectivity index (χ3v) is 5.13. The van der Waals surface area contributed by atoms with Crippen molar-refractivity contribution in [3.63, 3.8) is 0 Å². The van der Waals surface area contributed by atoms with Gasteiger partial charge in [0.2, 0.25) is 0 Å². The molecule has 0 unspecified atom stereocenters. The number of aromatic nitrogens is 1. The minimum atomic E-state index is 0.253. The van der Waals surface area contributed by atoms with E-state index in [1.807, 2.05) is 0 Å². The Hall–Kier alpha value is -1.64. The van der Waals surface area contributed by atoms with Gasteiger partial charge in [0.05, 0.1) is 6.61 Å². The minimum absolute atomic E-state index is 0.253. The first-order valence-electron chi connectivity index (χ1n) is 8.41. The quantitative estimate of drug-likeness (QED) is 0.773. The van der Waals surface area contributed by atoms with Gasteiger partial charge < -0.3 is 10.0 Å². The second-order valence-electron chi connectivity index (χ2n) is 6.46. The Morgan fingerprint density at radius 3 is 2.55 bits per heavy atom. The lowest BCUT2D eigenvalue weighted by molar-refractivity contribution is -0.901. The fourth-order valence-corrected chi connectivity index (χ4v) is 3.87. The number of fused-ring (bicyclic) bond motifs is 1. The zero-order valence-corrected chi connectivity index (χ0v) is 13.4. The maximum absolute atomic E-state index is 9.70. The van der Waals surface area contributed by atoms with Crippen LogP contribution in [0.25, 0.3) is 0 Å². The molecule has 0 radical (unpaired) electrons. The fraction of sp³-hybridized carbons (Fsp3) is 0.647. The number of aliphatic hydroxyl groups is 1. The molecule has 1 aliphatic heterocycles. The van der Waals surface area contributed by atoms with E-state index in [9.17, 15) is 5.26 Å². The lowest BCUT2D eigenvalue weighted by Gasteiger charge is -2.29. The highest BCUT2D eigenvalue weighted by molar-refractivity contribution is 5.57. The molecule has 2 heterocycles. The molecule has 2 aliphatic rings. The molecule has 0 saturated carbocycles. The predicted molar refractivity (Wildman–Crippen MR) is 84.0 cm³/mol. The maximum Gasteiger partial charge on any atom is 0.293 e. The standard InChI is InChI=1S/C17H24N4O/c1-13-14-4-2-3-5-15(14)16(12-18)17(19-13)21-8-6-20(7-9-21)10-11-22/h22H,2-11H2,1H3/p+2. The summed E-state index contributed by atoms with van der Waals surface area (Å²) in [6.45, 7) is 7.15. The first-order chi connectivity index (χ1) is 10.7. The van der Waals surface area contributed by atoms with Gasteiger partial charge in [-0.25, -0.2) is 9.88 Å². The number of pyridine rings is 1. The summed E-state index contributed by atoms with van der Waals surface area (Å²) in [5.41, 5.74) is 4.75. The zero-order valence-electron chi connectivity index (χ0n) is 13.4. The predicted octanol–water partition coefficient (Wildman–Crippen LogP) is -0.743. The van der Waals surface area contributed by atoms with Crippen LogP contribution in [0.2, 0.25) is 0 Å². The average molecular weight is 302 g/mol. The highest BCUT2D eigenvalue weighted by atomic mass is 16.3. The Balaban J connectivity index is 1.88. The molecule has 1 saturated heterocycles. The normalized spacial score (nSPS) is 18.9. The van der Waals surface area contributed by atoms with Gasteiger partial charge in [-0.15, -0.1) is 0 Å². The number of nitriles is 1. The van der Waals surface area contributed by atoms with E-state index in [2.05, 4.69) is 22.9 Å². The van der Waals surface area contributed by atoms with Crippen molar-refractivity contribution in [2.24, 2.45) is 0 Å². The largest absolute Gasteiger partial charge is 0.391 e. The Bertz CT molecular complexity index is 585. The summed E-state index contributed by atoms with van der Waals surface area (Å²) in [7, 11) is 0. The van der Waals surface area contributed by atoms with Crippen molar-refractivity contribution in [1.29, 1.82) is 5.26 Å². The van der Waals surface area contributed by atoms with E-state index >= 15 is 0 Å². The molecule has 0 aromatic carbocycles. The fourth-order valence-electron chi connectivity index (χ4n) is 3.87. The van der Waals surface area contributed by atoms with E-state index in [4.69, 9.17) is 5.11 Å². The molecule has 1 aliphatic carbocycles. The molecule has 3 N–H and O–H groups in total. The highest BCUT2D eigenvalue weighted by Crippen LogP contribution is 2.29. The van der Waals surface area contributed by atoms with Crippen LogP contribution in [0.5, 0.6) is 0 Å². The molecule has 3 rings (SSSR count). The smallest absolute Gasteiger partial charge is 0.293 e. The van der Waals surface area contributed by atoms with Crippen LogP contribution in [0.1, 0.15) is 35.2 Å². The molecule has 118 valence electrons. The van der Waals surface area contributed by atoms with Crippen LogP contribution in [0.15, 0.2) is 0 Å². The van der Waals surface area contributed by atoms with Gasteiger partial charge in [-0.1, -0.05) is 0 Å². The number of rotatable bonds is 3. The van der Waals surface area contributed by atoms with Gasteiger partial charge in [-0.3, -0.25) is 0 Å². The molecule has 0 spiro atoms. The Labute approximate surface area is 132 Å². The molecule has 22 heavy (non-hydrogen) atoms. The molecular formula is C17H26N4O+2. The third kappa shape index (κ3) is 2.81. The van der Waals surface area contributed by atoms with Gasteiger partial charge in [0.1, 0.15) is 50.1 Å². The number of aromatic amines is 1. The van der Waals surface area contributed by atoms with E-state index in [1.54, 1.807) is 0 Å². The number of nitrogens with zero attached hydrogens (tertiary/aromatic N) is 2. The van der Waals surface area contributed by atoms with Crippen LogP contribution in [-0.4, -0.2) is 44.4 Å². The van der Waals surface area contributed by atoms with Crippen LogP contribution in [0, 0.1) is 18.3 Å². The van der Waals surface area contributed by atoms with E-state index < -0.39 is 0 Å². The summed E-state index contributed by atoms with van der Waals surface area (Å²) < 4.78 is 0. The number of aliphatic hydroxyl groups excluding tert-OH is 1. The molecule has 1 aromatic rings. The van der Waals surface area contributed by atoms with Crippen molar-refractivity contribution in [2.45, 2.75) is 32.6 Å². The number of aryl methyl sites for hydroxylation is 1. The average Bonchev–Trinajstić information content (AvgIpc) is 2.56. The summed E-state index contributed by atoms with van der Waals surface area (Å²) in [5.74, 6) is 1.02. The SMILES string of the molecule is Cc1[nH+]c(N2CC[NH+](CCO)CC2)c(C#N)c2c1CCCC2. The van der Waals surface area contributed by atoms with Gasteiger partial charge in [0.25, 0.3) is 5.82 Å². The highest BCUT2D eigenvalue weighted by Gasteiger charge is 2.31. The number of H-pyrrole nitrogens is 1. The van der Waals surface area contributed by atoms with E-state index in [0.717, 1.165) is 56.9 Å². The second-order valence-corrected chi connectivity index (χ2v) is 6.46. The summed E-state index contributed by atoms with van der Waals surface area (Å²) in [6.07, 6.45) is 4.56. The number of hydrogen-bond donors (Lipinski definition) is 2. The van der Waals surface area contributed by atoms with Crippen molar-refractivity contribution < 1.29 is 15.0 Å². The van der Waals surface area contributed by atoms with Gasteiger partial charge in [-0.2, -0.15) is 5.26 Å². The van der Waals surface area contributed by atoms with E-state index in [-0.39, 0.29) is 6.61 Å². The van der Waals surface area contributed by atoms with Gasteiger partial charge in [0.15, 0.2) is 0 Å². The number of quaternary nitrogens is 1. The summed E-state index contributed by atoms with van der Waals surface area (Å²) in [5, 5.41) is 18.8. The molecule has 0 bridgehead atoms. The third-order valence-electron chi connectivity index (χ3n) is 5.13. The molecule has 1 aromatic heterocycles.